The van der Waals surface area contributed by atoms with E-state index in [1.807, 2.05) is 56.6 Å². The Bertz CT molecular complexity index is 570. The standard InChI is InChI=1S/C18H22ClNO/c1-18(21-14-13-20(2)3,15-9-5-4-6-10-15)16-11-7-8-12-17(16)19/h4-12H,13-14H2,1-3H3. The molecule has 0 spiro atoms. The minimum absolute atomic E-state index is 0.546. The van der Waals surface area contributed by atoms with Crippen molar-refractivity contribution in [3.8, 4) is 0 Å². The predicted octanol–water partition coefficient (Wildman–Crippen LogP) is 4.18. The molecule has 0 radical (unpaired) electrons. The topological polar surface area (TPSA) is 12.5 Å². The summed E-state index contributed by atoms with van der Waals surface area (Å²) < 4.78 is 6.27. The Morgan fingerprint density at radius 2 is 1.62 bits per heavy atom. The number of benzene rings is 2. The van der Waals surface area contributed by atoms with Gasteiger partial charge in [0.05, 0.1) is 6.61 Å². The first-order valence-electron chi connectivity index (χ1n) is 7.13. The number of hydrogen-bond donors (Lipinski definition) is 0. The van der Waals surface area contributed by atoms with Crippen molar-refractivity contribution in [1.29, 1.82) is 0 Å². The lowest BCUT2D eigenvalue weighted by Gasteiger charge is -2.32. The van der Waals surface area contributed by atoms with Gasteiger partial charge >= 0.3 is 0 Å². The van der Waals surface area contributed by atoms with Crippen LogP contribution in [0.25, 0.3) is 0 Å². The fraction of sp³-hybridized carbons (Fsp3) is 0.333. The average Bonchev–Trinajstić information content (AvgIpc) is 2.48. The Morgan fingerprint density at radius 3 is 2.24 bits per heavy atom. The molecule has 0 aromatic heterocycles. The molecule has 0 aliphatic carbocycles. The van der Waals surface area contributed by atoms with Gasteiger partial charge in [-0.15, -0.1) is 0 Å². The highest BCUT2D eigenvalue weighted by Crippen LogP contribution is 2.37. The molecule has 0 saturated heterocycles. The van der Waals surface area contributed by atoms with Crippen LogP contribution in [-0.2, 0) is 10.3 Å². The molecule has 0 aliphatic heterocycles. The summed E-state index contributed by atoms with van der Waals surface area (Å²) in [6.45, 7) is 3.59. The number of nitrogens with zero attached hydrogens (tertiary/aromatic N) is 1. The number of hydrogen-bond acceptors (Lipinski definition) is 2. The minimum Gasteiger partial charge on any atom is -0.364 e. The first kappa shape index (κ1) is 16.0. The second-order valence-electron chi connectivity index (χ2n) is 5.53. The minimum atomic E-state index is -0.546. The molecule has 0 aliphatic rings. The van der Waals surface area contributed by atoms with Gasteiger partial charge in [-0.1, -0.05) is 60.1 Å². The fourth-order valence-electron chi connectivity index (χ4n) is 2.35. The van der Waals surface area contributed by atoms with E-state index >= 15 is 0 Å². The van der Waals surface area contributed by atoms with Gasteiger partial charge in [0.2, 0.25) is 0 Å². The van der Waals surface area contributed by atoms with Crippen LogP contribution in [0.15, 0.2) is 54.6 Å². The van der Waals surface area contributed by atoms with E-state index in [2.05, 4.69) is 24.0 Å². The van der Waals surface area contributed by atoms with Crippen LogP contribution in [0.5, 0.6) is 0 Å². The zero-order valence-corrected chi connectivity index (χ0v) is 13.6. The molecule has 2 aromatic carbocycles. The van der Waals surface area contributed by atoms with E-state index in [1.54, 1.807) is 0 Å². The maximum absolute atomic E-state index is 6.41. The fourth-order valence-corrected chi connectivity index (χ4v) is 2.67. The van der Waals surface area contributed by atoms with Crippen LogP contribution >= 0.6 is 11.6 Å². The van der Waals surface area contributed by atoms with Crippen molar-refractivity contribution in [2.45, 2.75) is 12.5 Å². The molecular formula is C18H22ClNO. The van der Waals surface area contributed by atoms with E-state index in [9.17, 15) is 0 Å². The lowest BCUT2D eigenvalue weighted by Crippen LogP contribution is -2.31. The van der Waals surface area contributed by atoms with Crippen LogP contribution < -0.4 is 0 Å². The van der Waals surface area contributed by atoms with E-state index in [-0.39, 0.29) is 0 Å². The van der Waals surface area contributed by atoms with Gasteiger partial charge in [-0.3, -0.25) is 0 Å². The molecule has 0 heterocycles. The molecule has 0 bridgehead atoms. The highest BCUT2D eigenvalue weighted by atomic mass is 35.5. The van der Waals surface area contributed by atoms with Gasteiger partial charge in [0.15, 0.2) is 0 Å². The normalized spacial score (nSPS) is 14.1. The summed E-state index contributed by atoms with van der Waals surface area (Å²) >= 11 is 6.41. The van der Waals surface area contributed by atoms with Gasteiger partial charge in [-0.05, 0) is 32.6 Å². The summed E-state index contributed by atoms with van der Waals surface area (Å²) in [6, 6.07) is 18.1. The van der Waals surface area contributed by atoms with Crippen molar-refractivity contribution in [3.63, 3.8) is 0 Å². The molecular weight excluding hydrogens is 282 g/mol. The van der Waals surface area contributed by atoms with Gasteiger partial charge in [0.25, 0.3) is 0 Å². The molecule has 2 aromatic rings. The first-order chi connectivity index (χ1) is 10.0. The Hall–Kier alpha value is -1.35. The van der Waals surface area contributed by atoms with Gasteiger partial charge < -0.3 is 9.64 Å². The second kappa shape index (κ2) is 7.08. The van der Waals surface area contributed by atoms with Crippen molar-refractivity contribution >= 4 is 11.6 Å². The highest BCUT2D eigenvalue weighted by Gasteiger charge is 2.31. The number of halogens is 1. The molecule has 21 heavy (non-hydrogen) atoms. The molecule has 3 heteroatoms. The highest BCUT2D eigenvalue weighted by molar-refractivity contribution is 6.31. The maximum atomic E-state index is 6.41. The predicted molar refractivity (Wildman–Crippen MR) is 88.9 cm³/mol. The third-order valence-corrected chi connectivity index (χ3v) is 3.97. The zero-order valence-electron chi connectivity index (χ0n) is 12.8. The molecule has 112 valence electrons. The van der Waals surface area contributed by atoms with Crippen LogP contribution in [0.4, 0.5) is 0 Å². The Kier molecular flexibility index (Phi) is 5.40. The smallest absolute Gasteiger partial charge is 0.117 e. The lowest BCUT2D eigenvalue weighted by molar-refractivity contribution is -0.0100. The molecule has 2 rings (SSSR count). The van der Waals surface area contributed by atoms with Gasteiger partial charge in [-0.2, -0.15) is 0 Å². The number of ether oxygens (including phenoxy) is 1. The summed E-state index contributed by atoms with van der Waals surface area (Å²) in [5.74, 6) is 0. The van der Waals surface area contributed by atoms with Gasteiger partial charge in [0, 0.05) is 17.1 Å². The van der Waals surface area contributed by atoms with E-state index < -0.39 is 5.60 Å². The molecule has 0 fully saturated rings. The van der Waals surface area contributed by atoms with Crippen molar-refractivity contribution in [2.24, 2.45) is 0 Å². The maximum Gasteiger partial charge on any atom is 0.117 e. The average molecular weight is 304 g/mol. The molecule has 0 N–H and O–H groups in total. The van der Waals surface area contributed by atoms with Crippen molar-refractivity contribution in [2.75, 3.05) is 27.2 Å². The van der Waals surface area contributed by atoms with E-state index in [0.717, 1.165) is 22.7 Å². The monoisotopic (exact) mass is 303 g/mol. The van der Waals surface area contributed by atoms with E-state index in [4.69, 9.17) is 16.3 Å². The molecule has 2 nitrogen and oxygen atoms in total. The Morgan fingerprint density at radius 1 is 1.00 bits per heavy atom. The van der Waals surface area contributed by atoms with Gasteiger partial charge in [0.1, 0.15) is 5.60 Å². The molecule has 0 saturated carbocycles. The van der Waals surface area contributed by atoms with Crippen LogP contribution in [-0.4, -0.2) is 32.1 Å². The first-order valence-corrected chi connectivity index (χ1v) is 7.51. The quantitative estimate of drug-likeness (QED) is 0.793. The van der Waals surface area contributed by atoms with Crippen LogP contribution in [0.1, 0.15) is 18.1 Å². The third-order valence-electron chi connectivity index (χ3n) is 3.64. The number of likely N-dealkylation sites (N-methyl/N-ethyl adjacent to an activating group) is 1. The summed E-state index contributed by atoms with van der Waals surface area (Å²) in [5.41, 5.74) is 1.56. The number of rotatable bonds is 6. The van der Waals surface area contributed by atoms with Gasteiger partial charge in [-0.25, -0.2) is 0 Å². The second-order valence-corrected chi connectivity index (χ2v) is 5.94. The Balaban J connectivity index is 2.37. The SMILES string of the molecule is CN(C)CCOC(C)(c1ccccc1)c1ccccc1Cl. The zero-order chi connectivity index (χ0) is 15.3. The van der Waals surface area contributed by atoms with Crippen LogP contribution in [0, 0.1) is 0 Å². The van der Waals surface area contributed by atoms with Crippen LogP contribution in [0.3, 0.4) is 0 Å². The lowest BCUT2D eigenvalue weighted by atomic mass is 9.88. The van der Waals surface area contributed by atoms with Crippen molar-refractivity contribution in [1.82, 2.24) is 4.90 Å². The summed E-state index contributed by atoms with van der Waals surface area (Å²) in [4.78, 5) is 2.11. The molecule has 0 amide bonds. The van der Waals surface area contributed by atoms with Crippen LogP contribution in [0.2, 0.25) is 5.02 Å². The van der Waals surface area contributed by atoms with Crippen molar-refractivity contribution in [3.05, 3.63) is 70.7 Å². The Labute approximate surface area is 132 Å². The van der Waals surface area contributed by atoms with E-state index in [0.29, 0.717) is 6.61 Å². The van der Waals surface area contributed by atoms with E-state index in [1.165, 1.54) is 0 Å². The third kappa shape index (κ3) is 3.85. The largest absolute Gasteiger partial charge is 0.364 e. The summed E-state index contributed by atoms with van der Waals surface area (Å²) in [5, 5.41) is 0.730. The van der Waals surface area contributed by atoms with Crippen molar-refractivity contribution < 1.29 is 4.74 Å². The summed E-state index contributed by atoms with van der Waals surface area (Å²) in [7, 11) is 4.08. The molecule has 1 unspecified atom stereocenters. The summed E-state index contributed by atoms with van der Waals surface area (Å²) in [6.07, 6.45) is 0. The molecule has 1 atom stereocenters.